The van der Waals surface area contributed by atoms with Crippen molar-refractivity contribution in [2.75, 3.05) is 13.2 Å². The summed E-state index contributed by atoms with van der Waals surface area (Å²) in [6.45, 7) is 13.7. The topological polar surface area (TPSA) is 102 Å². The zero-order valence-corrected chi connectivity index (χ0v) is 32.7. The number of esters is 1. The molecule has 4 aliphatic rings. The first-order chi connectivity index (χ1) is 23.3. The van der Waals surface area contributed by atoms with Crippen molar-refractivity contribution in [3.8, 4) is 0 Å². The highest BCUT2D eigenvalue weighted by Gasteiger charge is 2.67. The Morgan fingerprint density at radius 2 is 1.26 bits per heavy atom. The molecule has 4 fully saturated rings. The van der Waals surface area contributed by atoms with E-state index in [1.54, 1.807) is 0 Å². The number of alkyl halides is 3. The van der Waals surface area contributed by atoms with Crippen molar-refractivity contribution in [3.63, 3.8) is 0 Å². The maximum absolute atomic E-state index is 14.0. The molecule has 50 heavy (non-hydrogen) atoms. The lowest BCUT2D eigenvalue weighted by Crippen LogP contribution is -2.72. The van der Waals surface area contributed by atoms with Gasteiger partial charge in [0.05, 0.1) is 0 Å². The maximum atomic E-state index is 14.0. The predicted octanol–water partition coefficient (Wildman–Crippen LogP) is 5.87. The number of hydrogen-bond acceptors (Lipinski definition) is 9. The highest BCUT2D eigenvalue weighted by atomic mass is 35.6. The Kier molecular flexibility index (Phi) is 10.4. The van der Waals surface area contributed by atoms with E-state index in [0.717, 1.165) is 10.4 Å². The molecule has 3 heterocycles. The molecule has 10 nitrogen and oxygen atoms in total. The molecule has 14 heteroatoms. The van der Waals surface area contributed by atoms with Gasteiger partial charge in [-0.3, -0.25) is 4.90 Å². The highest BCUT2D eigenvalue weighted by molar-refractivity contribution is 6.99. The van der Waals surface area contributed by atoms with Crippen LogP contribution in [0.25, 0.3) is 0 Å². The van der Waals surface area contributed by atoms with E-state index >= 15 is 0 Å². The summed E-state index contributed by atoms with van der Waals surface area (Å²) in [7, 11) is -3.13. The molecule has 3 aliphatic heterocycles. The third-order valence-electron chi connectivity index (χ3n) is 9.72. The van der Waals surface area contributed by atoms with Gasteiger partial charge < -0.3 is 32.8 Å². The molecule has 3 saturated heterocycles. The Hall–Kier alpha value is -1.93. The van der Waals surface area contributed by atoms with Crippen molar-refractivity contribution in [2.24, 2.45) is 0 Å². The lowest BCUT2D eigenvalue weighted by atomic mass is 9.85. The van der Waals surface area contributed by atoms with Crippen molar-refractivity contribution in [1.82, 2.24) is 4.90 Å². The molecule has 7 atom stereocenters. The van der Waals surface area contributed by atoms with Gasteiger partial charge in [0.15, 0.2) is 17.7 Å². The molecule has 6 rings (SSSR count). The van der Waals surface area contributed by atoms with Gasteiger partial charge >= 0.3 is 12.1 Å². The summed E-state index contributed by atoms with van der Waals surface area (Å²) in [5, 5.41) is 1.85. The van der Waals surface area contributed by atoms with Crippen LogP contribution >= 0.6 is 34.8 Å². The Bertz CT molecular complexity index is 1460. The quantitative estimate of drug-likeness (QED) is 0.195. The fraction of sp³-hybridized carbons (Fsp3) is 0.611. The summed E-state index contributed by atoms with van der Waals surface area (Å²) in [5.41, 5.74) is 0. The van der Waals surface area contributed by atoms with Crippen LogP contribution in [0.15, 0.2) is 60.7 Å². The third kappa shape index (κ3) is 7.45. The Morgan fingerprint density at radius 3 is 1.70 bits per heavy atom. The van der Waals surface area contributed by atoms with Crippen LogP contribution in [0.2, 0.25) is 5.04 Å². The van der Waals surface area contributed by atoms with Crippen LogP contribution < -0.4 is 10.4 Å². The normalized spacial score (nSPS) is 30.4. The number of rotatable bonds is 7. The molecule has 0 aromatic heterocycles. The van der Waals surface area contributed by atoms with Gasteiger partial charge in [-0.25, -0.2) is 9.59 Å². The fourth-order valence-electron chi connectivity index (χ4n) is 7.86. The van der Waals surface area contributed by atoms with Gasteiger partial charge in [-0.1, -0.05) is 116 Å². The SMILES string of the molecule is CC1(C)O[C@@H]2C(OC(=O)[C@H]3CCCN3C(=O)OCC(Cl)(Cl)Cl)[C@@H]3OC(C)(C)O[C@H]3C(O[Si](c3ccccc3)(c3ccccc3)C(C)(C)C)[C@@H]2O1. The number of carbonyl (C=O) groups is 2. The molecule has 2 aromatic carbocycles. The van der Waals surface area contributed by atoms with Gasteiger partial charge in [0.1, 0.15) is 43.2 Å². The van der Waals surface area contributed by atoms with E-state index in [1.165, 1.54) is 4.90 Å². The molecule has 0 spiro atoms. The van der Waals surface area contributed by atoms with Crippen LogP contribution in [0.3, 0.4) is 0 Å². The summed E-state index contributed by atoms with van der Waals surface area (Å²) >= 11 is 17.4. The molecular formula is C36H46Cl3NO9Si. The van der Waals surface area contributed by atoms with Gasteiger partial charge in [-0.15, -0.1) is 0 Å². The number of fused-ring (bicyclic) bond motifs is 2. The number of halogens is 3. The van der Waals surface area contributed by atoms with E-state index in [9.17, 15) is 9.59 Å². The Balaban J connectivity index is 1.37. The average molecular weight is 771 g/mol. The number of carbonyl (C=O) groups excluding carboxylic acids is 2. The van der Waals surface area contributed by atoms with Crippen LogP contribution in [-0.4, -0.2) is 96.5 Å². The molecule has 1 saturated carbocycles. The molecule has 1 amide bonds. The molecular weight excluding hydrogens is 725 g/mol. The summed E-state index contributed by atoms with van der Waals surface area (Å²) in [6.07, 6.45) is -4.38. The van der Waals surface area contributed by atoms with Gasteiger partial charge in [-0.05, 0) is 55.9 Å². The van der Waals surface area contributed by atoms with Crippen LogP contribution in [0, 0.1) is 0 Å². The number of ether oxygens (including phenoxy) is 6. The van der Waals surface area contributed by atoms with Crippen molar-refractivity contribution in [2.45, 2.75) is 124 Å². The van der Waals surface area contributed by atoms with Crippen molar-refractivity contribution >= 4 is 65.6 Å². The smallest absolute Gasteiger partial charge is 0.410 e. The molecule has 0 radical (unpaired) electrons. The van der Waals surface area contributed by atoms with E-state index in [4.69, 9.17) is 67.7 Å². The second kappa shape index (κ2) is 13.8. The first kappa shape index (κ1) is 37.8. The number of nitrogens with zero attached hydrogens (tertiary/aromatic N) is 1. The van der Waals surface area contributed by atoms with Crippen LogP contribution in [0.4, 0.5) is 4.79 Å². The Labute approximate surface area is 310 Å². The van der Waals surface area contributed by atoms with Gasteiger partial charge in [0.2, 0.25) is 3.79 Å². The molecule has 2 aromatic rings. The first-order valence-electron chi connectivity index (χ1n) is 17.0. The van der Waals surface area contributed by atoms with E-state index in [2.05, 4.69) is 45.0 Å². The van der Waals surface area contributed by atoms with E-state index < -0.39 is 85.0 Å². The minimum absolute atomic E-state index is 0.287. The molecule has 0 N–H and O–H groups in total. The summed E-state index contributed by atoms with van der Waals surface area (Å²) < 4.78 is 43.8. The number of likely N-dealkylation sites (tertiary alicyclic amines) is 1. The summed E-state index contributed by atoms with van der Waals surface area (Å²) in [4.78, 5) is 28.2. The minimum atomic E-state index is -3.13. The lowest BCUT2D eigenvalue weighted by Gasteiger charge is -2.50. The third-order valence-corrected chi connectivity index (χ3v) is 15.1. The standard InChI is InChI=1S/C36H46Cl3NO9Si/c1-33(2,3)50(22-15-10-8-11-16-22,23-17-12-9-13-18-23)49-30-28-26(45-34(4,5)47-28)25(27-29(30)48-35(6,7)46-27)44-31(41)24-19-14-20-40(24)32(42)43-21-36(37,38)39/h8-13,15-18,24-30H,14,19-21H2,1-7H3/t24-,25?,26-,27+,28-,29-,30?/m1/s1. The van der Waals surface area contributed by atoms with E-state index in [0.29, 0.717) is 12.8 Å². The van der Waals surface area contributed by atoms with Crippen molar-refractivity contribution in [3.05, 3.63) is 60.7 Å². The number of benzene rings is 2. The van der Waals surface area contributed by atoms with E-state index in [-0.39, 0.29) is 11.6 Å². The van der Waals surface area contributed by atoms with Crippen LogP contribution in [-0.2, 0) is 37.6 Å². The second-order valence-electron chi connectivity index (χ2n) is 15.3. The van der Waals surface area contributed by atoms with Gasteiger partial charge in [0, 0.05) is 6.54 Å². The fourth-order valence-corrected chi connectivity index (χ4v) is 12.7. The first-order valence-corrected chi connectivity index (χ1v) is 20.1. The van der Waals surface area contributed by atoms with E-state index in [1.807, 2.05) is 64.1 Å². The molecule has 1 aliphatic carbocycles. The number of hydrogen-bond donors (Lipinski definition) is 0. The van der Waals surface area contributed by atoms with Crippen molar-refractivity contribution in [1.29, 1.82) is 0 Å². The van der Waals surface area contributed by atoms with Crippen LogP contribution in [0.5, 0.6) is 0 Å². The molecule has 274 valence electrons. The largest absolute Gasteiger partial charge is 0.455 e. The lowest BCUT2D eigenvalue weighted by molar-refractivity contribution is -0.197. The summed E-state index contributed by atoms with van der Waals surface area (Å²) in [6, 6.07) is 19.7. The minimum Gasteiger partial charge on any atom is -0.455 e. The maximum Gasteiger partial charge on any atom is 0.410 e. The number of amides is 1. The summed E-state index contributed by atoms with van der Waals surface area (Å²) in [5.74, 6) is -2.70. The zero-order chi connectivity index (χ0) is 36.3. The van der Waals surface area contributed by atoms with Crippen molar-refractivity contribution < 1.29 is 42.4 Å². The van der Waals surface area contributed by atoms with Crippen LogP contribution in [0.1, 0.15) is 61.3 Å². The zero-order valence-electron chi connectivity index (χ0n) is 29.4. The van der Waals surface area contributed by atoms with Gasteiger partial charge in [0.25, 0.3) is 8.32 Å². The monoisotopic (exact) mass is 769 g/mol. The molecule has 0 bridgehead atoms. The predicted molar refractivity (Wildman–Crippen MR) is 191 cm³/mol. The average Bonchev–Trinajstić information content (AvgIpc) is 3.74. The second-order valence-corrected chi connectivity index (χ2v) is 22.1. The Morgan fingerprint density at radius 1 is 0.800 bits per heavy atom. The highest BCUT2D eigenvalue weighted by Crippen LogP contribution is 2.49. The van der Waals surface area contributed by atoms with Gasteiger partial charge in [-0.2, -0.15) is 0 Å². The molecule has 2 unspecified atom stereocenters.